The van der Waals surface area contributed by atoms with Gasteiger partial charge in [0.15, 0.2) is 0 Å². The number of amides is 1. The Balaban J connectivity index is 2.50. The number of benzene rings is 1. The first-order valence-corrected chi connectivity index (χ1v) is 7.67. The van der Waals surface area contributed by atoms with E-state index in [1.807, 2.05) is 19.1 Å². The van der Waals surface area contributed by atoms with Crippen molar-refractivity contribution in [1.29, 1.82) is 0 Å². The van der Waals surface area contributed by atoms with Gasteiger partial charge in [-0.1, -0.05) is 36.2 Å². The molecule has 0 saturated carbocycles. The van der Waals surface area contributed by atoms with Gasteiger partial charge in [0.1, 0.15) is 0 Å². The van der Waals surface area contributed by atoms with Crippen LogP contribution in [-0.2, 0) is 11.2 Å². The molecule has 0 fully saturated rings. The number of hydrogen-bond donors (Lipinski definition) is 2. The molecule has 1 amide bonds. The molecule has 1 aromatic carbocycles. The minimum Gasteiger partial charge on any atom is -0.376 e. The third kappa shape index (κ3) is 5.64. The lowest BCUT2D eigenvalue weighted by Gasteiger charge is -2.15. The highest BCUT2D eigenvalue weighted by molar-refractivity contribution is 9.10. The standard InChI is InChI=1S/C15H23BrN2O/c1-4-6-11(3)18-15(19)10-17-14-8-7-13(16)9-12(14)5-2/h7-9,11,17H,4-6,10H2,1-3H3,(H,18,19). The molecule has 1 aromatic rings. The van der Waals surface area contributed by atoms with Gasteiger partial charge in [-0.2, -0.15) is 0 Å². The maximum Gasteiger partial charge on any atom is 0.239 e. The normalized spacial score (nSPS) is 12.0. The maximum absolute atomic E-state index is 11.8. The largest absolute Gasteiger partial charge is 0.376 e. The lowest BCUT2D eigenvalue weighted by atomic mass is 10.1. The van der Waals surface area contributed by atoms with Crippen molar-refractivity contribution in [2.24, 2.45) is 0 Å². The molecule has 19 heavy (non-hydrogen) atoms. The summed E-state index contributed by atoms with van der Waals surface area (Å²) >= 11 is 3.46. The van der Waals surface area contributed by atoms with Crippen molar-refractivity contribution in [1.82, 2.24) is 5.32 Å². The Morgan fingerprint density at radius 1 is 1.37 bits per heavy atom. The van der Waals surface area contributed by atoms with Gasteiger partial charge in [0, 0.05) is 16.2 Å². The van der Waals surface area contributed by atoms with Crippen LogP contribution in [0.1, 0.15) is 39.2 Å². The molecule has 1 rings (SSSR count). The van der Waals surface area contributed by atoms with Gasteiger partial charge in [0.05, 0.1) is 6.54 Å². The molecule has 2 N–H and O–H groups in total. The number of hydrogen-bond acceptors (Lipinski definition) is 2. The quantitative estimate of drug-likeness (QED) is 0.801. The predicted octanol–water partition coefficient (Wildman–Crippen LogP) is 3.73. The van der Waals surface area contributed by atoms with Gasteiger partial charge < -0.3 is 10.6 Å². The van der Waals surface area contributed by atoms with Crippen LogP contribution in [0.5, 0.6) is 0 Å². The first kappa shape index (κ1) is 16.0. The Hall–Kier alpha value is -1.03. The summed E-state index contributed by atoms with van der Waals surface area (Å²) < 4.78 is 1.07. The molecule has 0 aliphatic carbocycles. The second kappa shape index (κ2) is 8.20. The first-order chi connectivity index (χ1) is 9.06. The summed E-state index contributed by atoms with van der Waals surface area (Å²) in [7, 11) is 0. The zero-order valence-electron chi connectivity index (χ0n) is 11.9. The second-order valence-electron chi connectivity index (χ2n) is 4.77. The van der Waals surface area contributed by atoms with Crippen LogP contribution in [0.15, 0.2) is 22.7 Å². The summed E-state index contributed by atoms with van der Waals surface area (Å²) in [5, 5.41) is 6.19. The van der Waals surface area contributed by atoms with Crippen molar-refractivity contribution in [3.05, 3.63) is 28.2 Å². The Bertz CT molecular complexity index is 421. The van der Waals surface area contributed by atoms with Gasteiger partial charge in [-0.25, -0.2) is 0 Å². The van der Waals surface area contributed by atoms with E-state index in [2.05, 4.69) is 46.5 Å². The van der Waals surface area contributed by atoms with Crippen LogP contribution in [0, 0.1) is 0 Å². The summed E-state index contributed by atoms with van der Waals surface area (Å²) in [6.07, 6.45) is 3.04. The van der Waals surface area contributed by atoms with Gasteiger partial charge in [-0.05, 0) is 43.5 Å². The number of carbonyl (C=O) groups is 1. The van der Waals surface area contributed by atoms with E-state index in [0.717, 1.165) is 29.4 Å². The molecule has 0 bridgehead atoms. The van der Waals surface area contributed by atoms with E-state index in [9.17, 15) is 4.79 Å². The zero-order valence-corrected chi connectivity index (χ0v) is 13.5. The molecule has 106 valence electrons. The van der Waals surface area contributed by atoms with E-state index >= 15 is 0 Å². The number of rotatable bonds is 7. The number of halogens is 1. The fraction of sp³-hybridized carbons (Fsp3) is 0.533. The lowest BCUT2D eigenvalue weighted by Crippen LogP contribution is -2.36. The Morgan fingerprint density at radius 3 is 2.74 bits per heavy atom. The molecular weight excluding hydrogens is 304 g/mol. The molecule has 1 unspecified atom stereocenters. The highest BCUT2D eigenvalue weighted by Crippen LogP contribution is 2.21. The smallest absolute Gasteiger partial charge is 0.239 e. The number of nitrogens with one attached hydrogen (secondary N) is 2. The monoisotopic (exact) mass is 326 g/mol. The zero-order chi connectivity index (χ0) is 14.3. The van der Waals surface area contributed by atoms with E-state index < -0.39 is 0 Å². The average molecular weight is 327 g/mol. The van der Waals surface area contributed by atoms with Crippen LogP contribution in [0.25, 0.3) is 0 Å². The third-order valence-corrected chi connectivity index (χ3v) is 3.51. The third-order valence-electron chi connectivity index (χ3n) is 3.02. The molecular formula is C15H23BrN2O. The topological polar surface area (TPSA) is 41.1 Å². The summed E-state index contributed by atoms with van der Waals surface area (Å²) in [4.78, 5) is 11.8. The fourth-order valence-corrected chi connectivity index (χ4v) is 2.44. The van der Waals surface area contributed by atoms with E-state index in [0.29, 0.717) is 6.54 Å². The van der Waals surface area contributed by atoms with E-state index in [4.69, 9.17) is 0 Å². The van der Waals surface area contributed by atoms with Crippen LogP contribution < -0.4 is 10.6 Å². The second-order valence-corrected chi connectivity index (χ2v) is 5.68. The first-order valence-electron chi connectivity index (χ1n) is 6.88. The van der Waals surface area contributed by atoms with E-state index in [1.54, 1.807) is 0 Å². The molecule has 3 nitrogen and oxygen atoms in total. The van der Waals surface area contributed by atoms with Crippen molar-refractivity contribution in [2.45, 2.75) is 46.1 Å². The summed E-state index contributed by atoms with van der Waals surface area (Å²) in [6, 6.07) is 6.32. The number of aryl methyl sites for hydroxylation is 1. The fourth-order valence-electron chi connectivity index (χ4n) is 2.03. The van der Waals surface area contributed by atoms with Gasteiger partial charge in [-0.3, -0.25) is 4.79 Å². The highest BCUT2D eigenvalue weighted by atomic mass is 79.9. The Labute approximate surface area is 124 Å². The molecule has 0 aromatic heterocycles. The van der Waals surface area contributed by atoms with Crippen LogP contribution in [0.2, 0.25) is 0 Å². The molecule has 0 heterocycles. The predicted molar refractivity (Wildman–Crippen MR) is 84.5 cm³/mol. The molecule has 0 aliphatic heterocycles. The van der Waals surface area contributed by atoms with Crippen LogP contribution >= 0.6 is 15.9 Å². The molecule has 0 saturated heterocycles. The minimum absolute atomic E-state index is 0.0471. The Kier molecular flexibility index (Phi) is 6.92. The van der Waals surface area contributed by atoms with Gasteiger partial charge >= 0.3 is 0 Å². The minimum atomic E-state index is 0.0471. The van der Waals surface area contributed by atoms with Crippen LogP contribution in [-0.4, -0.2) is 18.5 Å². The number of carbonyl (C=O) groups excluding carboxylic acids is 1. The van der Waals surface area contributed by atoms with Crippen LogP contribution in [0.4, 0.5) is 5.69 Å². The molecule has 1 atom stereocenters. The summed E-state index contributed by atoms with van der Waals surface area (Å²) in [5.41, 5.74) is 2.24. The van der Waals surface area contributed by atoms with Crippen molar-refractivity contribution >= 4 is 27.5 Å². The van der Waals surface area contributed by atoms with Crippen molar-refractivity contribution in [2.75, 3.05) is 11.9 Å². The summed E-state index contributed by atoms with van der Waals surface area (Å²) in [5.74, 6) is 0.0471. The van der Waals surface area contributed by atoms with E-state index in [1.165, 1.54) is 5.56 Å². The van der Waals surface area contributed by atoms with Crippen molar-refractivity contribution < 1.29 is 4.79 Å². The lowest BCUT2D eigenvalue weighted by molar-refractivity contribution is -0.120. The SMILES string of the molecule is CCCC(C)NC(=O)CNc1ccc(Br)cc1CC. The van der Waals surface area contributed by atoms with Gasteiger partial charge in [0.2, 0.25) is 5.91 Å². The van der Waals surface area contributed by atoms with E-state index in [-0.39, 0.29) is 11.9 Å². The molecule has 0 radical (unpaired) electrons. The van der Waals surface area contributed by atoms with Gasteiger partial charge in [-0.15, -0.1) is 0 Å². The van der Waals surface area contributed by atoms with Crippen LogP contribution in [0.3, 0.4) is 0 Å². The summed E-state index contributed by atoms with van der Waals surface area (Å²) in [6.45, 7) is 6.59. The molecule has 0 aliphatic rings. The molecule has 4 heteroatoms. The van der Waals surface area contributed by atoms with Crippen molar-refractivity contribution in [3.8, 4) is 0 Å². The van der Waals surface area contributed by atoms with Crippen molar-refractivity contribution in [3.63, 3.8) is 0 Å². The maximum atomic E-state index is 11.8. The Morgan fingerprint density at radius 2 is 2.11 bits per heavy atom. The number of anilines is 1. The highest BCUT2D eigenvalue weighted by Gasteiger charge is 2.07. The van der Waals surface area contributed by atoms with Gasteiger partial charge in [0.25, 0.3) is 0 Å². The molecule has 0 spiro atoms. The average Bonchev–Trinajstić information content (AvgIpc) is 2.37.